The number of hydrogen-bond acceptors (Lipinski definition) is 7. The van der Waals surface area contributed by atoms with Crippen molar-refractivity contribution in [3.05, 3.63) is 57.2 Å². The Morgan fingerprint density at radius 3 is 2.37 bits per heavy atom. The molecule has 10 heteroatoms. The maximum Gasteiger partial charge on any atom is 0.363 e. The number of hydrogen-bond donors (Lipinski definition) is 1. The first-order chi connectivity index (χ1) is 14.3. The Morgan fingerprint density at radius 1 is 1.13 bits per heavy atom. The van der Waals surface area contributed by atoms with Crippen LogP contribution in [-0.2, 0) is 14.3 Å². The zero-order chi connectivity index (χ0) is 21.8. The van der Waals surface area contributed by atoms with Crippen LogP contribution >= 0.6 is 23.2 Å². The number of cyclic esters (lactones) is 1. The first kappa shape index (κ1) is 21.5. The lowest BCUT2D eigenvalue weighted by Crippen LogP contribution is -2.20. The molecule has 0 saturated heterocycles. The van der Waals surface area contributed by atoms with Gasteiger partial charge in [-0.05, 0) is 42.0 Å². The summed E-state index contributed by atoms with van der Waals surface area (Å²) >= 11 is 11.9. The number of rotatable bonds is 7. The summed E-state index contributed by atoms with van der Waals surface area (Å²) in [5.41, 5.74) is 6.22. The van der Waals surface area contributed by atoms with E-state index in [0.717, 1.165) is 0 Å². The van der Waals surface area contributed by atoms with E-state index in [4.69, 9.17) is 47.9 Å². The van der Waals surface area contributed by atoms with Crippen LogP contribution < -0.4 is 19.9 Å². The normalized spacial score (nSPS) is 14.3. The first-order valence-corrected chi connectivity index (χ1v) is 9.23. The summed E-state index contributed by atoms with van der Waals surface area (Å²) in [5.74, 6) is -0.420. The summed E-state index contributed by atoms with van der Waals surface area (Å²) < 4.78 is 21.2. The van der Waals surface area contributed by atoms with Gasteiger partial charge in [0.05, 0.1) is 24.3 Å². The highest BCUT2D eigenvalue weighted by atomic mass is 35.5. The van der Waals surface area contributed by atoms with Crippen LogP contribution in [0.4, 0.5) is 0 Å². The van der Waals surface area contributed by atoms with Crippen molar-refractivity contribution < 1.29 is 28.5 Å². The standard InChI is InChI=1S/C20H16Cl2N2O6/c1-27-15-6-10(7-16(28-2)18(15)29-9-17(23)25)5-14-20(26)30-19(24-14)11-3-4-12(21)13(22)8-11/h3-8H,9H2,1-2H3,(H2,23,25). The molecule has 2 aromatic rings. The number of carbonyl (C=O) groups is 2. The van der Waals surface area contributed by atoms with Gasteiger partial charge in [0.1, 0.15) is 0 Å². The molecule has 0 saturated carbocycles. The van der Waals surface area contributed by atoms with E-state index in [2.05, 4.69) is 4.99 Å². The minimum absolute atomic E-state index is 0.0611. The Bertz CT molecular complexity index is 1060. The van der Waals surface area contributed by atoms with Gasteiger partial charge in [-0.2, -0.15) is 0 Å². The molecule has 1 aliphatic heterocycles. The SMILES string of the molecule is COc1cc(C=C2N=C(c3ccc(Cl)c(Cl)c3)OC2=O)cc(OC)c1OCC(N)=O. The fraction of sp³-hybridized carbons (Fsp3) is 0.150. The van der Waals surface area contributed by atoms with E-state index in [-0.39, 0.29) is 35.5 Å². The summed E-state index contributed by atoms with van der Waals surface area (Å²) in [6.45, 7) is -0.350. The van der Waals surface area contributed by atoms with Gasteiger partial charge in [0, 0.05) is 5.56 Å². The van der Waals surface area contributed by atoms with Gasteiger partial charge in [-0.1, -0.05) is 23.2 Å². The summed E-state index contributed by atoms with van der Waals surface area (Å²) in [6, 6.07) is 7.95. The smallest absolute Gasteiger partial charge is 0.363 e. The van der Waals surface area contributed by atoms with E-state index in [1.165, 1.54) is 20.3 Å². The second kappa shape index (κ2) is 9.06. The molecule has 1 heterocycles. The largest absolute Gasteiger partial charge is 0.493 e. The lowest BCUT2D eigenvalue weighted by atomic mass is 10.1. The quantitative estimate of drug-likeness (QED) is 0.512. The van der Waals surface area contributed by atoms with Crippen LogP contribution in [0.2, 0.25) is 10.0 Å². The molecular formula is C20H16Cl2N2O6. The molecule has 3 rings (SSSR count). The molecule has 0 fully saturated rings. The van der Waals surface area contributed by atoms with Crippen molar-refractivity contribution in [3.63, 3.8) is 0 Å². The zero-order valence-electron chi connectivity index (χ0n) is 15.9. The monoisotopic (exact) mass is 450 g/mol. The Morgan fingerprint density at radius 2 is 1.80 bits per heavy atom. The molecule has 156 valence electrons. The van der Waals surface area contributed by atoms with E-state index >= 15 is 0 Å². The molecule has 0 aromatic heterocycles. The van der Waals surface area contributed by atoms with Gasteiger partial charge in [0.2, 0.25) is 11.6 Å². The number of halogens is 2. The molecule has 2 aromatic carbocycles. The summed E-state index contributed by atoms with van der Waals surface area (Å²) in [7, 11) is 2.85. The van der Waals surface area contributed by atoms with Crippen molar-refractivity contribution in [2.24, 2.45) is 10.7 Å². The Kier molecular flexibility index (Phi) is 6.49. The molecule has 0 bridgehead atoms. The number of esters is 1. The van der Waals surface area contributed by atoms with Gasteiger partial charge in [-0.25, -0.2) is 9.79 Å². The van der Waals surface area contributed by atoms with Crippen molar-refractivity contribution in [1.29, 1.82) is 0 Å². The van der Waals surface area contributed by atoms with Crippen LogP contribution in [0, 0.1) is 0 Å². The minimum Gasteiger partial charge on any atom is -0.493 e. The molecule has 1 amide bonds. The molecular weight excluding hydrogens is 435 g/mol. The maximum absolute atomic E-state index is 12.3. The van der Waals surface area contributed by atoms with Crippen molar-refractivity contribution in [1.82, 2.24) is 0 Å². The van der Waals surface area contributed by atoms with Gasteiger partial charge in [0.25, 0.3) is 5.91 Å². The van der Waals surface area contributed by atoms with Gasteiger partial charge in [-0.15, -0.1) is 0 Å². The van der Waals surface area contributed by atoms with Gasteiger partial charge < -0.3 is 24.7 Å². The molecule has 0 atom stereocenters. The number of carbonyl (C=O) groups excluding carboxylic acids is 2. The topological polar surface area (TPSA) is 109 Å². The average Bonchev–Trinajstić information content (AvgIpc) is 3.08. The fourth-order valence-electron chi connectivity index (χ4n) is 2.59. The number of ether oxygens (including phenoxy) is 4. The maximum atomic E-state index is 12.3. The fourth-order valence-corrected chi connectivity index (χ4v) is 2.89. The average molecular weight is 451 g/mol. The third-order valence-electron chi connectivity index (χ3n) is 3.93. The number of methoxy groups -OCH3 is 2. The minimum atomic E-state index is -0.650. The number of aliphatic imine (C=N–C) groups is 1. The van der Waals surface area contributed by atoms with E-state index in [9.17, 15) is 9.59 Å². The number of primary amides is 1. The van der Waals surface area contributed by atoms with Crippen molar-refractivity contribution in [3.8, 4) is 17.2 Å². The third-order valence-corrected chi connectivity index (χ3v) is 4.67. The number of amides is 1. The van der Waals surface area contributed by atoms with Crippen molar-refractivity contribution >= 4 is 47.1 Å². The van der Waals surface area contributed by atoms with E-state index in [0.29, 0.717) is 21.2 Å². The molecule has 0 unspecified atom stereocenters. The summed E-state index contributed by atoms with van der Waals surface area (Å²) in [4.78, 5) is 27.5. The molecule has 0 aliphatic carbocycles. The van der Waals surface area contributed by atoms with Gasteiger partial charge >= 0.3 is 5.97 Å². The molecule has 30 heavy (non-hydrogen) atoms. The molecule has 8 nitrogen and oxygen atoms in total. The second-order valence-electron chi connectivity index (χ2n) is 5.97. The highest BCUT2D eigenvalue weighted by Crippen LogP contribution is 2.39. The van der Waals surface area contributed by atoms with Crippen LogP contribution in [0.15, 0.2) is 41.0 Å². The van der Waals surface area contributed by atoms with Gasteiger partial charge in [0.15, 0.2) is 23.8 Å². The predicted molar refractivity (Wildman–Crippen MR) is 111 cm³/mol. The van der Waals surface area contributed by atoms with Crippen LogP contribution in [0.25, 0.3) is 6.08 Å². The molecule has 0 spiro atoms. The highest BCUT2D eigenvalue weighted by molar-refractivity contribution is 6.42. The van der Waals surface area contributed by atoms with Crippen LogP contribution in [0.3, 0.4) is 0 Å². The third kappa shape index (κ3) is 4.67. The lowest BCUT2D eigenvalue weighted by Gasteiger charge is -2.14. The summed E-state index contributed by atoms with van der Waals surface area (Å²) in [5, 5.41) is 0.685. The first-order valence-electron chi connectivity index (χ1n) is 8.47. The van der Waals surface area contributed by atoms with Crippen molar-refractivity contribution in [2.75, 3.05) is 20.8 Å². The Labute approximate surface area is 181 Å². The number of nitrogens with zero attached hydrogens (tertiary/aromatic N) is 1. The van der Waals surface area contributed by atoms with Gasteiger partial charge in [-0.3, -0.25) is 4.79 Å². The second-order valence-corrected chi connectivity index (χ2v) is 6.79. The van der Waals surface area contributed by atoms with E-state index in [1.54, 1.807) is 30.3 Å². The lowest BCUT2D eigenvalue weighted by molar-refractivity contribution is -0.130. The van der Waals surface area contributed by atoms with E-state index < -0.39 is 11.9 Å². The zero-order valence-corrected chi connectivity index (χ0v) is 17.4. The Hall–Kier alpha value is -3.23. The molecule has 0 radical (unpaired) electrons. The summed E-state index contributed by atoms with van der Waals surface area (Å²) in [6.07, 6.45) is 1.50. The molecule has 2 N–H and O–H groups in total. The van der Waals surface area contributed by atoms with Crippen LogP contribution in [0.1, 0.15) is 11.1 Å². The highest BCUT2D eigenvalue weighted by Gasteiger charge is 2.25. The van der Waals surface area contributed by atoms with Crippen LogP contribution in [-0.4, -0.2) is 38.6 Å². The van der Waals surface area contributed by atoms with E-state index in [1.807, 2.05) is 0 Å². The predicted octanol–water partition coefficient (Wildman–Crippen LogP) is 3.22. The Balaban J connectivity index is 1.96. The molecule has 1 aliphatic rings. The van der Waals surface area contributed by atoms with Crippen molar-refractivity contribution in [2.45, 2.75) is 0 Å². The number of benzene rings is 2. The number of nitrogens with two attached hydrogens (primary N) is 1. The van der Waals surface area contributed by atoms with Crippen LogP contribution in [0.5, 0.6) is 17.2 Å².